The van der Waals surface area contributed by atoms with Gasteiger partial charge < -0.3 is 19.6 Å². The number of halogens is 3. The van der Waals surface area contributed by atoms with Crippen LogP contribution in [0.15, 0.2) is 24.4 Å². The highest BCUT2D eigenvalue weighted by Gasteiger charge is 2.56. The smallest absolute Gasteiger partial charge is 0.475 e. The monoisotopic (exact) mass is 548 g/mol. The standard InChI is InChI=1S/C21H30N4O4S.C2HF3O2/c26-20(23-10-12-29-13-11-23)21-7-3-9-25(30(27,28)18-5-6-18)15-17(21)14-24(16-21)19-4-1-2-8-22-19;3-2(4,5)1(6)7/h1-2,4,8,17-18H,3,5-7,9-16H2;(H,6,7)/t17-,21+;/m1./s1. The molecule has 14 heteroatoms. The molecule has 0 aromatic carbocycles. The van der Waals surface area contributed by atoms with Crippen molar-refractivity contribution in [2.45, 2.75) is 37.1 Å². The van der Waals surface area contributed by atoms with Crippen LogP contribution in [0.25, 0.3) is 0 Å². The van der Waals surface area contributed by atoms with Gasteiger partial charge in [0.25, 0.3) is 0 Å². The number of sulfonamides is 1. The van der Waals surface area contributed by atoms with Crippen molar-refractivity contribution in [3.63, 3.8) is 0 Å². The summed E-state index contributed by atoms with van der Waals surface area (Å²) in [5, 5.41) is 6.91. The Hall–Kier alpha value is -2.45. The molecule has 1 amide bonds. The van der Waals surface area contributed by atoms with E-state index in [4.69, 9.17) is 14.6 Å². The largest absolute Gasteiger partial charge is 0.490 e. The third-order valence-corrected chi connectivity index (χ3v) is 9.76. The van der Waals surface area contributed by atoms with Crippen molar-refractivity contribution in [3.8, 4) is 0 Å². The van der Waals surface area contributed by atoms with E-state index in [2.05, 4.69) is 9.88 Å². The molecule has 5 rings (SSSR count). The number of ether oxygens (including phenoxy) is 1. The van der Waals surface area contributed by atoms with Gasteiger partial charge in [0.1, 0.15) is 5.82 Å². The van der Waals surface area contributed by atoms with Crippen LogP contribution in [0.2, 0.25) is 0 Å². The highest BCUT2D eigenvalue weighted by Crippen LogP contribution is 2.46. The summed E-state index contributed by atoms with van der Waals surface area (Å²) in [4.78, 5) is 31.4. The normalized spacial score (nSPS) is 27.1. The average molecular weight is 549 g/mol. The quantitative estimate of drug-likeness (QED) is 0.603. The predicted molar refractivity (Wildman–Crippen MR) is 126 cm³/mol. The van der Waals surface area contributed by atoms with E-state index in [0.29, 0.717) is 65.3 Å². The Morgan fingerprint density at radius 1 is 1.11 bits per heavy atom. The van der Waals surface area contributed by atoms with Crippen molar-refractivity contribution in [3.05, 3.63) is 24.4 Å². The van der Waals surface area contributed by atoms with Crippen LogP contribution in [0.5, 0.6) is 0 Å². The van der Waals surface area contributed by atoms with Crippen molar-refractivity contribution < 1.29 is 41.0 Å². The van der Waals surface area contributed by atoms with Gasteiger partial charge in [-0.25, -0.2) is 22.5 Å². The predicted octanol–water partition coefficient (Wildman–Crippen LogP) is 1.58. The van der Waals surface area contributed by atoms with Crippen molar-refractivity contribution in [1.82, 2.24) is 14.2 Å². The van der Waals surface area contributed by atoms with Gasteiger partial charge in [-0.2, -0.15) is 13.2 Å². The zero-order valence-corrected chi connectivity index (χ0v) is 21.1. The molecule has 206 valence electrons. The molecule has 3 aliphatic heterocycles. The zero-order chi connectivity index (χ0) is 26.8. The third-order valence-electron chi connectivity index (χ3n) is 7.40. The van der Waals surface area contributed by atoms with Crippen molar-refractivity contribution >= 4 is 27.7 Å². The number of anilines is 1. The number of carbonyl (C=O) groups excluding carboxylic acids is 1. The van der Waals surface area contributed by atoms with E-state index >= 15 is 0 Å². The second-order valence-electron chi connectivity index (χ2n) is 9.83. The molecular weight excluding hydrogens is 517 g/mol. The number of amides is 1. The first-order valence-electron chi connectivity index (χ1n) is 12.3. The topological polar surface area (TPSA) is 120 Å². The van der Waals surface area contributed by atoms with E-state index in [-0.39, 0.29) is 17.1 Å². The number of hydrogen-bond donors (Lipinski definition) is 1. The molecule has 4 aliphatic rings. The molecular formula is C23H31F3N4O6S. The summed E-state index contributed by atoms with van der Waals surface area (Å²) in [6, 6.07) is 5.81. The number of alkyl halides is 3. The van der Waals surface area contributed by atoms with E-state index in [1.54, 1.807) is 10.5 Å². The summed E-state index contributed by atoms with van der Waals surface area (Å²) in [5.74, 6) is -1.77. The van der Waals surface area contributed by atoms with Crippen LogP contribution < -0.4 is 4.90 Å². The average Bonchev–Trinajstić information content (AvgIpc) is 3.70. The Kier molecular flexibility index (Phi) is 8.00. The van der Waals surface area contributed by atoms with E-state index in [9.17, 15) is 26.4 Å². The molecule has 4 heterocycles. The van der Waals surface area contributed by atoms with Gasteiger partial charge in [0.2, 0.25) is 15.9 Å². The van der Waals surface area contributed by atoms with E-state index < -0.39 is 27.6 Å². The Morgan fingerprint density at radius 2 is 1.78 bits per heavy atom. The van der Waals surface area contributed by atoms with E-state index in [1.165, 1.54) is 0 Å². The Labute approximate surface area is 213 Å². The molecule has 2 atom stereocenters. The molecule has 1 saturated carbocycles. The number of morpholine rings is 1. The fraction of sp³-hybridized carbons (Fsp3) is 0.696. The molecule has 37 heavy (non-hydrogen) atoms. The molecule has 1 aromatic rings. The Morgan fingerprint density at radius 3 is 2.35 bits per heavy atom. The second kappa shape index (κ2) is 10.7. The van der Waals surface area contributed by atoms with Crippen LogP contribution in [0, 0.1) is 11.3 Å². The number of aromatic nitrogens is 1. The highest BCUT2D eigenvalue weighted by atomic mass is 32.2. The van der Waals surface area contributed by atoms with Crippen LogP contribution in [0.3, 0.4) is 0 Å². The Bertz CT molecular complexity index is 1080. The number of hydrogen-bond acceptors (Lipinski definition) is 7. The Balaban J connectivity index is 0.000000405. The first-order valence-corrected chi connectivity index (χ1v) is 13.8. The lowest BCUT2D eigenvalue weighted by Crippen LogP contribution is -2.53. The summed E-state index contributed by atoms with van der Waals surface area (Å²) in [6.07, 6.45) is -0.352. The van der Waals surface area contributed by atoms with Crippen molar-refractivity contribution in [1.29, 1.82) is 0 Å². The van der Waals surface area contributed by atoms with Gasteiger partial charge in [0.15, 0.2) is 0 Å². The van der Waals surface area contributed by atoms with Gasteiger partial charge >= 0.3 is 12.1 Å². The maximum atomic E-state index is 13.8. The molecule has 0 radical (unpaired) electrons. The fourth-order valence-electron chi connectivity index (χ4n) is 5.35. The van der Waals surface area contributed by atoms with Gasteiger partial charge in [0.05, 0.1) is 23.9 Å². The molecule has 3 saturated heterocycles. The lowest BCUT2D eigenvalue weighted by molar-refractivity contribution is -0.192. The minimum absolute atomic E-state index is 0.0362. The SMILES string of the molecule is O=C(N1CCOCC1)[C@]12CCCN(S(=O)(=O)C3CC3)C[C@H]1CN(c1ccccn1)C2.O=C(O)C(F)(F)F. The summed E-state index contributed by atoms with van der Waals surface area (Å²) in [6.45, 7) is 4.57. The number of rotatable bonds is 4. The fourth-order valence-corrected chi connectivity index (χ4v) is 7.28. The molecule has 0 bridgehead atoms. The number of aliphatic carboxylic acids is 1. The zero-order valence-electron chi connectivity index (χ0n) is 20.3. The maximum absolute atomic E-state index is 13.8. The molecule has 0 spiro atoms. The van der Waals surface area contributed by atoms with Crippen molar-refractivity contribution in [2.75, 3.05) is 57.4 Å². The van der Waals surface area contributed by atoms with Crippen LogP contribution in [0.1, 0.15) is 25.7 Å². The summed E-state index contributed by atoms with van der Waals surface area (Å²) in [7, 11) is -3.26. The second-order valence-corrected chi connectivity index (χ2v) is 12.0. The molecule has 1 N–H and O–H groups in total. The van der Waals surface area contributed by atoms with Crippen molar-refractivity contribution in [2.24, 2.45) is 11.3 Å². The number of carboxylic acid groups (broad SMARTS) is 1. The molecule has 4 fully saturated rings. The number of nitrogens with zero attached hydrogens (tertiary/aromatic N) is 4. The summed E-state index contributed by atoms with van der Waals surface area (Å²) >= 11 is 0. The first-order chi connectivity index (χ1) is 17.4. The lowest BCUT2D eigenvalue weighted by Gasteiger charge is -2.38. The van der Waals surface area contributed by atoms with Crippen LogP contribution in [0.4, 0.5) is 19.0 Å². The highest BCUT2D eigenvalue weighted by molar-refractivity contribution is 7.90. The van der Waals surface area contributed by atoms with E-state index in [1.807, 2.05) is 23.1 Å². The first kappa shape index (κ1) is 27.6. The van der Waals surface area contributed by atoms with Gasteiger partial charge in [-0.05, 0) is 37.8 Å². The van der Waals surface area contributed by atoms with Crippen LogP contribution in [-0.2, 0) is 24.3 Å². The minimum Gasteiger partial charge on any atom is -0.475 e. The lowest BCUT2D eigenvalue weighted by atomic mass is 9.73. The van der Waals surface area contributed by atoms with Gasteiger partial charge in [-0.1, -0.05) is 6.07 Å². The van der Waals surface area contributed by atoms with Gasteiger partial charge in [-0.3, -0.25) is 4.79 Å². The number of fused-ring (bicyclic) bond motifs is 1. The molecule has 10 nitrogen and oxygen atoms in total. The third kappa shape index (κ3) is 6.01. The van der Waals surface area contributed by atoms with Gasteiger partial charge in [-0.15, -0.1) is 0 Å². The number of carbonyl (C=O) groups is 2. The molecule has 0 unspecified atom stereocenters. The summed E-state index contributed by atoms with van der Waals surface area (Å²) in [5.41, 5.74) is -0.567. The molecule has 1 aliphatic carbocycles. The minimum atomic E-state index is -5.08. The molecule has 1 aromatic heterocycles. The van der Waals surface area contributed by atoms with E-state index in [0.717, 1.165) is 18.7 Å². The van der Waals surface area contributed by atoms with Crippen LogP contribution >= 0.6 is 0 Å². The number of pyridine rings is 1. The van der Waals surface area contributed by atoms with Crippen LogP contribution in [-0.4, -0.2) is 103 Å². The van der Waals surface area contributed by atoms with Gasteiger partial charge in [0, 0.05) is 51.4 Å². The maximum Gasteiger partial charge on any atom is 0.490 e. The summed E-state index contributed by atoms with van der Waals surface area (Å²) < 4.78 is 64.9. The number of carboxylic acids is 1.